The molecule has 0 atom stereocenters. The van der Waals surface area contributed by atoms with Crippen LogP contribution in [0.3, 0.4) is 0 Å². The van der Waals surface area contributed by atoms with Gasteiger partial charge in [0.15, 0.2) is 17.5 Å². The summed E-state index contributed by atoms with van der Waals surface area (Å²) >= 11 is 0. The van der Waals surface area contributed by atoms with E-state index in [1.807, 2.05) is 19.1 Å². The first-order valence-electron chi connectivity index (χ1n) is 9.36. The summed E-state index contributed by atoms with van der Waals surface area (Å²) < 4.78 is 45.8. The van der Waals surface area contributed by atoms with Crippen LogP contribution in [0.15, 0.2) is 41.4 Å². The second-order valence-corrected chi connectivity index (χ2v) is 6.07. The van der Waals surface area contributed by atoms with Crippen LogP contribution in [-0.2, 0) is 13.1 Å². The van der Waals surface area contributed by atoms with Gasteiger partial charge in [-0.05, 0) is 30.7 Å². The van der Waals surface area contributed by atoms with Crippen molar-refractivity contribution >= 4 is 29.9 Å². The minimum Gasteiger partial charge on any atom is -0.493 e. The molecule has 0 fully saturated rings. The summed E-state index contributed by atoms with van der Waals surface area (Å²) in [7, 11) is 4.64. The number of hydrogen-bond acceptors (Lipinski definition) is 5. The summed E-state index contributed by atoms with van der Waals surface area (Å²) in [5.41, 5.74) is 1.44. The number of aliphatic imine (C=N–C) groups is 1. The van der Waals surface area contributed by atoms with E-state index in [-0.39, 0.29) is 36.3 Å². The van der Waals surface area contributed by atoms with Crippen molar-refractivity contribution in [3.05, 3.63) is 47.5 Å². The van der Waals surface area contributed by atoms with E-state index >= 15 is 0 Å². The molecule has 0 aliphatic carbocycles. The molecule has 2 N–H and O–H groups in total. The van der Waals surface area contributed by atoms with Gasteiger partial charge < -0.3 is 29.6 Å². The van der Waals surface area contributed by atoms with E-state index in [4.69, 9.17) is 14.2 Å². The molecule has 2 rings (SSSR count). The molecule has 31 heavy (non-hydrogen) atoms. The lowest BCUT2D eigenvalue weighted by atomic mass is 10.2. The molecule has 0 amide bonds. The number of nitrogens with zero attached hydrogens (tertiary/aromatic N) is 1. The van der Waals surface area contributed by atoms with E-state index in [0.717, 1.165) is 5.56 Å². The van der Waals surface area contributed by atoms with E-state index < -0.39 is 6.61 Å². The van der Waals surface area contributed by atoms with Crippen molar-refractivity contribution in [3.63, 3.8) is 0 Å². The van der Waals surface area contributed by atoms with Crippen LogP contribution >= 0.6 is 24.0 Å². The molecule has 0 aliphatic heterocycles. The molecule has 0 radical (unpaired) electrons. The van der Waals surface area contributed by atoms with Crippen LogP contribution in [0.1, 0.15) is 18.1 Å². The van der Waals surface area contributed by atoms with Crippen LogP contribution < -0.4 is 29.6 Å². The quantitative estimate of drug-likeness (QED) is 0.262. The summed E-state index contributed by atoms with van der Waals surface area (Å²) in [5.74, 6) is 2.24. The Balaban J connectivity index is 0.00000480. The average molecular weight is 551 g/mol. The van der Waals surface area contributed by atoms with E-state index in [1.54, 1.807) is 39.5 Å². The Bertz CT molecular complexity index is 828. The maximum Gasteiger partial charge on any atom is 0.387 e. The van der Waals surface area contributed by atoms with Crippen molar-refractivity contribution in [2.24, 2.45) is 4.99 Å². The molecule has 0 heterocycles. The van der Waals surface area contributed by atoms with Gasteiger partial charge in [-0.25, -0.2) is 4.99 Å². The number of alkyl halides is 2. The van der Waals surface area contributed by atoms with Crippen molar-refractivity contribution in [2.45, 2.75) is 26.6 Å². The molecule has 172 valence electrons. The summed E-state index contributed by atoms with van der Waals surface area (Å²) in [5, 5.41) is 6.25. The van der Waals surface area contributed by atoms with Crippen molar-refractivity contribution < 1.29 is 27.7 Å². The number of hydrogen-bond donors (Lipinski definition) is 2. The third-order valence-electron chi connectivity index (χ3n) is 4.12. The fourth-order valence-corrected chi connectivity index (χ4v) is 2.78. The Kier molecular flexibility index (Phi) is 11.8. The topological polar surface area (TPSA) is 73.3 Å². The summed E-state index contributed by atoms with van der Waals surface area (Å²) in [4.78, 5) is 4.55. The van der Waals surface area contributed by atoms with Crippen LogP contribution in [0.25, 0.3) is 0 Å². The Morgan fingerprint density at radius 1 is 0.968 bits per heavy atom. The number of methoxy groups -OCH3 is 3. The minimum atomic E-state index is -2.88. The molecular formula is C21H28F2IN3O4. The minimum absolute atomic E-state index is 0. The number of halogens is 3. The lowest BCUT2D eigenvalue weighted by molar-refractivity contribution is -0.0504. The average Bonchev–Trinajstić information content (AvgIpc) is 2.75. The second kappa shape index (κ2) is 13.7. The van der Waals surface area contributed by atoms with E-state index in [1.165, 1.54) is 6.07 Å². The molecule has 0 saturated heterocycles. The van der Waals surface area contributed by atoms with Gasteiger partial charge in [0.2, 0.25) is 5.75 Å². The zero-order chi connectivity index (χ0) is 21.9. The zero-order valence-electron chi connectivity index (χ0n) is 17.9. The first kappa shape index (κ1) is 26.5. The molecule has 2 aromatic rings. The monoisotopic (exact) mass is 551 g/mol. The van der Waals surface area contributed by atoms with Gasteiger partial charge in [-0.1, -0.05) is 18.2 Å². The number of rotatable bonds is 10. The van der Waals surface area contributed by atoms with Crippen LogP contribution in [-0.4, -0.2) is 40.4 Å². The number of benzene rings is 2. The highest BCUT2D eigenvalue weighted by Crippen LogP contribution is 2.38. The molecule has 0 aliphatic rings. The van der Waals surface area contributed by atoms with Gasteiger partial charge in [-0.3, -0.25) is 0 Å². The van der Waals surface area contributed by atoms with Crippen molar-refractivity contribution in [1.82, 2.24) is 10.6 Å². The van der Waals surface area contributed by atoms with E-state index in [2.05, 4.69) is 20.4 Å². The van der Waals surface area contributed by atoms with E-state index in [9.17, 15) is 8.78 Å². The molecule has 7 nitrogen and oxygen atoms in total. The van der Waals surface area contributed by atoms with Crippen LogP contribution in [0.5, 0.6) is 23.0 Å². The molecule has 0 spiro atoms. The fraction of sp³-hybridized carbons (Fsp3) is 0.381. The Hall–Kier alpha value is -2.50. The first-order chi connectivity index (χ1) is 14.5. The number of ether oxygens (including phenoxy) is 4. The highest BCUT2D eigenvalue weighted by molar-refractivity contribution is 14.0. The van der Waals surface area contributed by atoms with Crippen molar-refractivity contribution in [3.8, 4) is 23.0 Å². The summed E-state index contributed by atoms with van der Waals surface area (Å²) in [6.45, 7) is 0.291. The highest BCUT2D eigenvalue weighted by atomic mass is 127. The smallest absolute Gasteiger partial charge is 0.387 e. The normalized spacial score (nSPS) is 10.9. The molecule has 2 aromatic carbocycles. The van der Waals surface area contributed by atoms with Crippen molar-refractivity contribution in [1.29, 1.82) is 0 Å². The maximum absolute atomic E-state index is 12.6. The molecule has 0 unspecified atom stereocenters. The zero-order valence-corrected chi connectivity index (χ0v) is 20.2. The van der Waals surface area contributed by atoms with Gasteiger partial charge in [0, 0.05) is 18.7 Å². The Morgan fingerprint density at radius 2 is 1.61 bits per heavy atom. The summed E-state index contributed by atoms with van der Waals surface area (Å²) in [6, 6.07) is 10.3. The summed E-state index contributed by atoms with van der Waals surface area (Å²) in [6.07, 6.45) is 0. The molecule has 0 bridgehead atoms. The van der Waals surface area contributed by atoms with Crippen LogP contribution in [0.4, 0.5) is 8.78 Å². The van der Waals surface area contributed by atoms with Gasteiger partial charge in [-0.15, -0.1) is 24.0 Å². The molecular weight excluding hydrogens is 523 g/mol. The lowest BCUT2D eigenvalue weighted by Crippen LogP contribution is -2.36. The van der Waals surface area contributed by atoms with Gasteiger partial charge in [0.1, 0.15) is 5.75 Å². The predicted octanol–water partition coefficient (Wildman–Crippen LogP) is 4.19. The standard InChI is InChI=1S/C21H27F2N3O4.HI/c1-5-24-21(26-13-15-8-6-7-9-16(15)30-20(22)23)25-12-14-10-17(27-2)19(29-4)18(11-14)28-3;/h6-11,20H,5,12-13H2,1-4H3,(H2,24,25,26);1H. The number of para-hydroxylation sites is 1. The fourth-order valence-electron chi connectivity index (χ4n) is 2.78. The van der Waals surface area contributed by atoms with Gasteiger partial charge in [-0.2, -0.15) is 8.78 Å². The van der Waals surface area contributed by atoms with Gasteiger partial charge in [0.25, 0.3) is 0 Å². The Morgan fingerprint density at radius 3 is 2.16 bits per heavy atom. The first-order valence-corrected chi connectivity index (χ1v) is 9.36. The number of guanidine groups is 1. The van der Waals surface area contributed by atoms with Gasteiger partial charge >= 0.3 is 6.61 Å². The highest BCUT2D eigenvalue weighted by Gasteiger charge is 2.13. The molecule has 0 saturated carbocycles. The van der Waals surface area contributed by atoms with Crippen molar-refractivity contribution in [2.75, 3.05) is 27.9 Å². The third-order valence-corrected chi connectivity index (χ3v) is 4.12. The molecule has 10 heteroatoms. The lowest BCUT2D eigenvalue weighted by Gasteiger charge is -2.15. The SMILES string of the molecule is CCNC(=NCc1cc(OC)c(OC)c(OC)c1)NCc1ccccc1OC(F)F.I. The second-order valence-electron chi connectivity index (χ2n) is 6.07. The van der Waals surface area contributed by atoms with Gasteiger partial charge in [0.05, 0.1) is 27.9 Å². The largest absolute Gasteiger partial charge is 0.493 e. The van der Waals surface area contributed by atoms with Crippen LogP contribution in [0.2, 0.25) is 0 Å². The van der Waals surface area contributed by atoms with E-state index in [0.29, 0.717) is 41.9 Å². The van der Waals surface area contributed by atoms with Crippen LogP contribution in [0, 0.1) is 0 Å². The third kappa shape index (κ3) is 7.93. The maximum atomic E-state index is 12.6. The number of nitrogens with one attached hydrogen (secondary N) is 2. The predicted molar refractivity (Wildman–Crippen MR) is 126 cm³/mol. The Labute approximate surface area is 198 Å². The molecule has 0 aromatic heterocycles.